The average Bonchev–Trinajstić information content (AvgIpc) is 2.47. The number of ether oxygens (including phenoxy) is 1. The van der Waals surface area contributed by atoms with Crippen molar-refractivity contribution in [1.29, 1.82) is 0 Å². The Balaban J connectivity index is 1.74. The van der Waals surface area contributed by atoms with Crippen LogP contribution in [0.3, 0.4) is 0 Å². The van der Waals surface area contributed by atoms with Crippen molar-refractivity contribution in [2.45, 2.75) is 26.9 Å². The first-order valence-corrected chi connectivity index (χ1v) is 7.81. The van der Waals surface area contributed by atoms with Gasteiger partial charge in [0.1, 0.15) is 18.5 Å². The number of carbonyl (C=O) groups is 1. The zero-order valence-corrected chi connectivity index (χ0v) is 13.7. The predicted octanol–water partition coefficient (Wildman–Crippen LogP) is 1.21. The van der Waals surface area contributed by atoms with Gasteiger partial charge in [-0.1, -0.05) is 17.7 Å². The molecular weight excluding hydrogens is 280 g/mol. The van der Waals surface area contributed by atoms with E-state index in [0.29, 0.717) is 6.54 Å². The van der Waals surface area contributed by atoms with Gasteiger partial charge in [-0.05, 0) is 25.5 Å². The van der Waals surface area contributed by atoms with Gasteiger partial charge in [0.05, 0.1) is 0 Å². The van der Waals surface area contributed by atoms with Gasteiger partial charge in [-0.2, -0.15) is 0 Å². The van der Waals surface area contributed by atoms with Crippen molar-refractivity contribution in [1.82, 2.24) is 9.80 Å². The van der Waals surface area contributed by atoms with Gasteiger partial charge in [0, 0.05) is 39.6 Å². The summed E-state index contributed by atoms with van der Waals surface area (Å²) in [6.07, 6.45) is -0.524. The maximum atomic E-state index is 11.3. The predicted molar refractivity (Wildman–Crippen MR) is 86.1 cm³/mol. The van der Waals surface area contributed by atoms with Crippen LogP contribution in [0.25, 0.3) is 0 Å². The van der Waals surface area contributed by atoms with Crippen molar-refractivity contribution in [3.8, 4) is 5.75 Å². The number of aliphatic hydroxyl groups excluding tert-OH is 1. The van der Waals surface area contributed by atoms with Crippen LogP contribution in [0.1, 0.15) is 18.1 Å². The molecule has 5 heteroatoms. The number of amides is 1. The third-order valence-electron chi connectivity index (χ3n) is 4.05. The lowest BCUT2D eigenvalue weighted by Crippen LogP contribution is -2.50. The van der Waals surface area contributed by atoms with E-state index < -0.39 is 6.10 Å². The van der Waals surface area contributed by atoms with E-state index in [9.17, 15) is 9.90 Å². The van der Waals surface area contributed by atoms with E-state index in [1.165, 1.54) is 5.56 Å². The van der Waals surface area contributed by atoms with Gasteiger partial charge in [-0.3, -0.25) is 9.69 Å². The molecule has 0 saturated carbocycles. The van der Waals surface area contributed by atoms with E-state index in [4.69, 9.17) is 4.74 Å². The van der Waals surface area contributed by atoms with E-state index in [1.54, 1.807) is 6.92 Å². The highest BCUT2D eigenvalue weighted by molar-refractivity contribution is 5.73. The number of β-amino-alcohol motifs (C(OH)–C–C–N with tert-alkyl or cyclic N) is 1. The van der Waals surface area contributed by atoms with Crippen LogP contribution >= 0.6 is 0 Å². The first-order valence-electron chi connectivity index (χ1n) is 7.81. The quantitative estimate of drug-likeness (QED) is 0.888. The molecule has 2 rings (SSSR count). The van der Waals surface area contributed by atoms with Gasteiger partial charge in [0.15, 0.2) is 0 Å². The normalized spacial score (nSPS) is 17.4. The molecule has 1 heterocycles. The second kappa shape index (κ2) is 7.61. The molecule has 1 N–H and O–H groups in total. The van der Waals surface area contributed by atoms with Gasteiger partial charge in [0.25, 0.3) is 0 Å². The first kappa shape index (κ1) is 16.8. The molecule has 122 valence electrons. The zero-order valence-electron chi connectivity index (χ0n) is 13.7. The fraction of sp³-hybridized carbons (Fsp3) is 0.588. The molecule has 1 unspecified atom stereocenters. The van der Waals surface area contributed by atoms with Gasteiger partial charge in [-0.15, -0.1) is 0 Å². The van der Waals surface area contributed by atoms with E-state index in [-0.39, 0.29) is 12.5 Å². The summed E-state index contributed by atoms with van der Waals surface area (Å²) < 4.78 is 5.71. The lowest BCUT2D eigenvalue weighted by molar-refractivity contribution is -0.130. The van der Waals surface area contributed by atoms with Crippen LogP contribution in [-0.4, -0.2) is 66.2 Å². The van der Waals surface area contributed by atoms with Crippen molar-refractivity contribution < 1.29 is 14.6 Å². The van der Waals surface area contributed by atoms with E-state index in [0.717, 1.165) is 37.5 Å². The van der Waals surface area contributed by atoms with E-state index in [1.807, 2.05) is 30.9 Å². The Bertz CT molecular complexity index is 511. The van der Waals surface area contributed by atoms with Crippen LogP contribution < -0.4 is 4.74 Å². The Kier molecular flexibility index (Phi) is 5.80. The molecule has 1 aromatic rings. The van der Waals surface area contributed by atoms with Crippen LogP contribution in [0.2, 0.25) is 0 Å². The highest BCUT2D eigenvalue weighted by Gasteiger charge is 2.20. The molecule has 1 amide bonds. The largest absolute Gasteiger partial charge is 0.491 e. The number of hydrogen-bond donors (Lipinski definition) is 1. The maximum absolute atomic E-state index is 11.3. The second-order valence-electron chi connectivity index (χ2n) is 6.04. The standard InChI is InChI=1S/C17H26N2O3/c1-13-4-5-17(14(2)10-13)22-12-16(21)11-18-6-8-19(9-7-18)15(3)20/h4-5,10,16,21H,6-9,11-12H2,1-3H3. The lowest BCUT2D eigenvalue weighted by atomic mass is 10.1. The molecule has 1 aliphatic heterocycles. The van der Waals surface area contributed by atoms with Crippen LogP contribution in [0, 0.1) is 13.8 Å². The fourth-order valence-electron chi connectivity index (χ4n) is 2.74. The number of aliphatic hydroxyl groups is 1. The lowest BCUT2D eigenvalue weighted by Gasteiger charge is -2.35. The summed E-state index contributed by atoms with van der Waals surface area (Å²) in [6.45, 7) is 9.61. The molecule has 1 aliphatic rings. The van der Waals surface area contributed by atoms with Crippen molar-refractivity contribution in [2.75, 3.05) is 39.3 Å². The topological polar surface area (TPSA) is 53.0 Å². The summed E-state index contributed by atoms with van der Waals surface area (Å²) in [5, 5.41) is 10.1. The van der Waals surface area contributed by atoms with Crippen LogP contribution in [-0.2, 0) is 4.79 Å². The van der Waals surface area contributed by atoms with Crippen LogP contribution in [0.4, 0.5) is 0 Å². The summed E-state index contributed by atoms with van der Waals surface area (Å²) in [5.41, 5.74) is 2.29. The number of hydrogen-bond acceptors (Lipinski definition) is 4. The molecule has 5 nitrogen and oxygen atoms in total. The van der Waals surface area contributed by atoms with E-state index >= 15 is 0 Å². The highest BCUT2D eigenvalue weighted by atomic mass is 16.5. The summed E-state index contributed by atoms with van der Waals surface area (Å²) >= 11 is 0. The van der Waals surface area contributed by atoms with Crippen molar-refractivity contribution >= 4 is 5.91 Å². The third kappa shape index (κ3) is 4.71. The Hall–Kier alpha value is -1.59. The number of aryl methyl sites for hydroxylation is 2. The SMILES string of the molecule is CC(=O)N1CCN(CC(O)COc2ccc(C)cc2C)CC1. The van der Waals surface area contributed by atoms with Crippen LogP contribution in [0.15, 0.2) is 18.2 Å². The fourth-order valence-corrected chi connectivity index (χ4v) is 2.74. The molecule has 0 spiro atoms. The molecule has 1 saturated heterocycles. The third-order valence-corrected chi connectivity index (χ3v) is 4.05. The molecule has 1 aromatic carbocycles. The van der Waals surface area contributed by atoms with Crippen molar-refractivity contribution in [3.63, 3.8) is 0 Å². The Morgan fingerprint density at radius 1 is 1.27 bits per heavy atom. The summed E-state index contributed by atoms with van der Waals surface area (Å²) in [4.78, 5) is 15.3. The van der Waals surface area contributed by atoms with Crippen LogP contribution in [0.5, 0.6) is 5.75 Å². The molecule has 0 aliphatic carbocycles. The first-order chi connectivity index (χ1) is 10.5. The Morgan fingerprint density at radius 3 is 2.55 bits per heavy atom. The van der Waals surface area contributed by atoms with Gasteiger partial charge >= 0.3 is 0 Å². The summed E-state index contributed by atoms with van der Waals surface area (Å²) in [7, 11) is 0. The number of rotatable bonds is 5. The average molecular weight is 306 g/mol. The Morgan fingerprint density at radius 2 is 1.95 bits per heavy atom. The van der Waals surface area contributed by atoms with E-state index in [2.05, 4.69) is 11.0 Å². The molecule has 0 bridgehead atoms. The highest BCUT2D eigenvalue weighted by Crippen LogP contribution is 2.18. The molecule has 1 atom stereocenters. The van der Waals surface area contributed by atoms with Gasteiger partial charge < -0.3 is 14.7 Å². The minimum atomic E-state index is -0.524. The molecule has 1 fully saturated rings. The van der Waals surface area contributed by atoms with Gasteiger partial charge in [0.2, 0.25) is 5.91 Å². The van der Waals surface area contributed by atoms with Crippen molar-refractivity contribution in [3.05, 3.63) is 29.3 Å². The number of piperazine rings is 1. The number of carbonyl (C=O) groups excluding carboxylic acids is 1. The molecular formula is C17H26N2O3. The minimum Gasteiger partial charge on any atom is -0.491 e. The summed E-state index contributed by atoms with van der Waals surface area (Å²) in [5.74, 6) is 0.949. The van der Waals surface area contributed by atoms with Crippen molar-refractivity contribution in [2.24, 2.45) is 0 Å². The zero-order chi connectivity index (χ0) is 16.1. The van der Waals surface area contributed by atoms with Gasteiger partial charge in [-0.25, -0.2) is 0 Å². The molecule has 22 heavy (non-hydrogen) atoms. The monoisotopic (exact) mass is 306 g/mol. The molecule has 0 radical (unpaired) electrons. The second-order valence-corrected chi connectivity index (χ2v) is 6.04. The Labute approximate surface area is 132 Å². The number of nitrogens with zero attached hydrogens (tertiary/aromatic N) is 2. The minimum absolute atomic E-state index is 0.123. The maximum Gasteiger partial charge on any atom is 0.219 e. The molecule has 0 aromatic heterocycles. The smallest absolute Gasteiger partial charge is 0.219 e. The number of benzene rings is 1. The summed E-state index contributed by atoms with van der Waals surface area (Å²) in [6, 6.07) is 6.03.